The van der Waals surface area contributed by atoms with Gasteiger partial charge in [0.2, 0.25) is 0 Å². The first-order valence-corrected chi connectivity index (χ1v) is 4.83. The number of hydrogen-bond acceptors (Lipinski definition) is 2. The Hall–Kier alpha value is -0.790. The van der Waals surface area contributed by atoms with E-state index in [1.54, 1.807) is 0 Å². The molecule has 2 nitrogen and oxygen atoms in total. The third-order valence-electron chi connectivity index (χ3n) is 2.28. The van der Waals surface area contributed by atoms with Crippen LogP contribution in [0.5, 0.6) is 0 Å². The van der Waals surface area contributed by atoms with Crippen molar-refractivity contribution in [2.45, 2.75) is 44.6 Å². The molecule has 0 N–H and O–H groups in total. The second-order valence-corrected chi connectivity index (χ2v) is 3.56. The van der Waals surface area contributed by atoms with Crippen LogP contribution in [0.25, 0.3) is 0 Å². The van der Waals surface area contributed by atoms with E-state index in [2.05, 4.69) is 11.2 Å². The third-order valence-corrected chi connectivity index (χ3v) is 2.28. The third kappa shape index (κ3) is 2.36. The fourth-order valence-electron chi connectivity index (χ4n) is 1.34. The van der Waals surface area contributed by atoms with Gasteiger partial charge in [0.05, 0.1) is 6.21 Å². The summed E-state index contributed by atoms with van der Waals surface area (Å²) in [5.74, 6) is 0. The molecule has 0 spiro atoms. The SMILES string of the molecule is C(=NOC1CC1)C1=CCCCC1. The molecule has 0 unspecified atom stereocenters. The van der Waals surface area contributed by atoms with E-state index >= 15 is 0 Å². The van der Waals surface area contributed by atoms with E-state index in [-0.39, 0.29) is 0 Å². The van der Waals surface area contributed by atoms with Crippen molar-refractivity contribution < 1.29 is 4.84 Å². The standard InChI is InChI=1S/C10H15NO/c1-2-4-9(5-3-1)8-11-12-10-6-7-10/h4,8,10H,1-3,5-7H2. The van der Waals surface area contributed by atoms with E-state index in [0.29, 0.717) is 6.10 Å². The molecule has 0 saturated heterocycles. The highest BCUT2D eigenvalue weighted by Crippen LogP contribution is 2.23. The van der Waals surface area contributed by atoms with Crippen molar-refractivity contribution in [2.24, 2.45) is 5.16 Å². The van der Waals surface area contributed by atoms with Gasteiger partial charge in [-0.05, 0) is 44.1 Å². The van der Waals surface area contributed by atoms with E-state index in [9.17, 15) is 0 Å². The van der Waals surface area contributed by atoms with Crippen LogP contribution >= 0.6 is 0 Å². The number of nitrogens with zero attached hydrogens (tertiary/aromatic N) is 1. The van der Waals surface area contributed by atoms with Crippen molar-refractivity contribution in [2.75, 3.05) is 0 Å². The lowest BCUT2D eigenvalue weighted by atomic mass is 10.0. The molecule has 0 radical (unpaired) electrons. The highest BCUT2D eigenvalue weighted by Gasteiger charge is 2.23. The zero-order chi connectivity index (χ0) is 8.23. The molecule has 66 valence electrons. The predicted octanol–water partition coefficient (Wildman–Crippen LogP) is 2.65. The Bertz CT molecular complexity index is 204. The van der Waals surface area contributed by atoms with Crippen LogP contribution in [0.15, 0.2) is 16.8 Å². The summed E-state index contributed by atoms with van der Waals surface area (Å²) in [4.78, 5) is 5.18. The summed E-state index contributed by atoms with van der Waals surface area (Å²) in [6.45, 7) is 0. The molecule has 2 aliphatic rings. The van der Waals surface area contributed by atoms with Crippen LogP contribution in [-0.4, -0.2) is 12.3 Å². The second kappa shape index (κ2) is 3.74. The van der Waals surface area contributed by atoms with Crippen LogP contribution in [0.2, 0.25) is 0 Å². The van der Waals surface area contributed by atoms with Gasteiger partial charge in [0.25, 0.3) is 0 Å². The van der Waals surface area contributed by atoms with Crippen molar-refractivity contribution >= 4 is 6.21 Å². The fraction of sp³-hybridized carbons (Fsp3) is 0.700. The monoisotopic (exact) mass is 165 g/mol. The molecular weight excluding hydrogens is 150 g/mol. The van der Waals surface area contributed by atoms with Gasteiger partial charge in [-0.15, -0.1) is 0 Å². The highest BCUT2D eigenvalue weighted by molar-refractivity contribution is 5.78. The number of hydrogen-bond donors (Lipinski definition) is 0. The Balaban J connectivity index is 1.75. The van der Waals surface area contributed by atoms with E-state index in [4.69, 9.17) is 4.84 Å². The molecule has 0 aromatic rings. The maximum atomic E-state index is 5.18. The minimum absolute atomic E-state index is 0.436. The van der Waals surface area contributed by atoms with Gasteiger partial charge in [0.15, 0.2) is 0 Å². The zero-order valence-electron chi connectivity index (χ0n) is 7.33. The fourth-order valence-corrected chi connectivity index (χ4v) is 1.34. The summed E-state index contributed by atoms with van der Waals surface area (Å²) in [6.07, 6.45) is 12.0. The zero-order valence-corrected chi connectivity index (χ0v) is 7.33. The summed E-state index contributed by atoms with van der Waals surface area (Å²) >= 11 is 0. The molecule has 0 bridgehead atoms. The van der Waals surface area contributed by atoms with Crippen molar-refractivity contribution in [1.82, 2.24) is 0 Å². The van der Waals surface area contributed by atoms with Gasteiger partial charge >= 0.3 is 0 Å². The summed E-state index contributed by atoms with van der Waals surface area (Å²) < 4.78 is 0. The van der Waals surface area contributed by atoms with Crippen LogP contribution in [0.4, 0.5) is 0 Å². The first-order valence-electron chi connectivity index (χ1n) is 4.83. The number of oxime groups is 1. The van der Waals surface area contributed by atoms with Crippen molar-refractivity contribution in [3.63, 3.8) is 0 Å². The van der Waals surface area contributed by atoms with E-state index in [1.165, 1.54) is 44.1 Å². The first kappa shape index (κ1) is 7.84. The normalized spacial score (nSPS) is 24.2. The Morgan fingerprint density at radius 2 is 2.33 bits per heavy atom. The highest BCUT2D eigenvalue weighted by atomic mass is 16.6. The molecule has 1 fully saturated rings. The average molecular weight is 165 g/mol. The van der Waals surface area contributed by atoms with Gasteiger partial charge in [-0.25, -0.2) is 0 Å². The van der Waals surface area contributed by atoms with Crippen molar-refractivity contribution in [3.8, 4) is 0 Å². The van der Waals surface area contributed by atoms with Crippen LogP contribution in [0.3, 0.4) is 0 Å². The van der Waals surface area contributed by atoms with Gasteiger partial charge in [-0.1, -0.05) is 11.2 Å². The minimum atomic E-state index is 0.436. The molecular formula is C10H15NO. The van der Waals surface area contributed by atoms with Crippen LogP contribution in [0, 0.1) is 0 Å². The quantitative estimate of drug-likeness (QED) is 0.465. The summed E-state index contributed by atoms with van der Waals surface area (Å²) in [5.41, 5.74) is 1.35. The van der Waals surface area contributed by atoms with Gasteiger partial charge in [-0.3, -0.25) is 0 Å². The number of rotatable bonds is 3. The maximum Gasteiger partial charge on any atom is 0.127 e. The topological polar surface area (TPSA) is 21.6 Å². The summed E-state index contributed by atoms with van der Waals surface area (Å²) in [5, 5.41) is 3.96. The molecule has 12 heavy (non-hydrogen) atoms. The molecule has 0 heterocycles. The van der Waals surface area contributed by atoms with Crippen molar-refractivity contribution in [1.29, 1.82) is 0 Å². The van der Waals surface area contributed by atoms with Crippen LogP contribution < -0.4 is 0 Å². The first-order chi connectivity index (χ1) is 5.95. The Morgan fingerprint density at radius 3 is 3.00 bits per heavy atom. The van der Waals surface area contributed by atoms with Gasteiger partial charge < -0.3 is 4.84 Å². The molecule has 2 rings (SSSR count). The smallest absolute Gasteiger partial charge is 0.127 e. The second-order valence-electron chi connectivity index (χ2n) is 3.56. The molecule has 0 amide bonds. The van der Waals surface area contributed by atoms with E-state index < -0.39 is 0 Å². The lowest BCUT2D eigenvalue weighted by Crippen LogP contribution is -1.94. The molecule has 2 aliphatic carbocycles. The molecule has 0 atom stereocenters. The maximum absolute atomic E-state index is 5.18. The Morgan fingerprint density at radius 1 is 1.42 bits per heavy atom. The molecule has 0 aromatic carbocycles. The van der Waals surface area contributed by atoms with Gasteiger partial charge in [0, 0.05) is 0 Å². The lowest BCUT2D eigenvalue weighted by molar-refractivity contribution is 0.130. The van der Waals surface area contributed by atoms with Crippen LogP contribution in [-0.2, 0) is 4.84 Å². The predicted molar refractivity (Wildman–Crippen MR) is 49.2 cm³/mol. The molecule has 0 aromatic heterocycles. The van der Waals surface area contributed by atoms with E-state index in [1.807, 2.05) is 6.21 Å². The Kier molecular flexibility index (Phi) is 2.45. The average Bonchev–Trinajstić information content (AvgIpc) is 2.90. The molecule has 2 heteroatoms. The van der Waals surface area contributed by atoms with Gasteiger partial charge in [0.1, 0.15) is 6.10 Å². The lowest BCUT2D eigenvalue weighted by Gasteiger charge is -2.06. The molecule has 0 aliphatic heterocycles. The van der Waals surface area contributed by atoms with E-state index in [0.717, 1.165) is 0 Å². The minimum Gasteiger partial charge on any atom is -0.393 e. The Labute approximate surface area is 73.3 Å². The largest absolute Gasteiger partial charge is 0.393 e. The van der Waals surface area contributed by atoms with Crippen LogP contribution in [0.1, 0.15) is 38.5 Å². The van der Waals surface area contributed by atoms with Crippen molar-refractivity contribution in [3.05, 3.63) is 11.6 Å². The van der Waals surface area contributed by atoms with Gasteiger partial charge in [-0.2, -0.15) is 0 Å². The number of allylic oxidation sites excluding steroid dienone is 2. The summed E-state index contributed by atoms with van der Waals surface area (Å²) in [6, 6.07) is 0. The molecule has 1 saturated carbocycles. The summed E-state index contributed by atoms with van der Waals surface area (Å²) in [7, 11) is 0.